The number of hydrogen-bond donors (Lipinski definition) is 1. The van der Waals surface area contributed by atoms with Crippen molar-refractivity contribution in [2.75, 3.05) is 5.32 Å². The summed E-state index contributed by atoms with van der Waals surface area (Å²) in [6.45, 7) is 13.3. The summed E-state index contributed by atoms with van der Waals surface area (Å²) < 4.78 is 14.4. The van der Waals surface area contributed by atoms with Crippen LogP contribution < -0.4 is 5.32 Å². The van der Waals surface area contributed by atoms with Gasteiger partial charge in [-0.15, -0.1) is 0 Å². The molecule has 0 saturated carbocycles. The molecule has 0 fully saturated rings. The van der Waals surface area contributed by atoms with Gasteiger partial charge in [0.1, 0.15) is 12.0 Å². The Kier molecular flexibility index (Phi) is 5.91. The quantitative estimate of drug-likeness (QED) is 0.279. The van der Waals surface area contributed by atoms with E-state index in [-0.39, 0.29) is 6.23 Å². The Hall–Kier alpha value is -1.10. The van der Waals surface area contributed by atoms with Gasteiger partial charge in [-0.05, 0) is 74.0 Å². The Morgan fingerprint density at radius 2 is 1.59 bits per heavy atom. The van der Waals surface area contributed by atoms with Crippen molar-refractivity contribution in [2.24, 2.45) is 0 Å². The molecule has 2 aromatic carbocycles. The first-order valence-electron chi connectivity index (χ1n) is 9.26. The summed E-state index contributed by atoms with van der Waals surface area (Å²) in [7, 11) is -3.59. The number of nitrogens with one attached hydrogen (secondary N) is 1. The van der Waals surface area contributed by atoms with Crippen LogP contribution in [0.15, 0.2) is 48.5 Å². The Morgan fingerprint density at radius 1 is 0.926 bits per heavy atom. The SMILES string of the molecule is C[Si](C)(C)O/C(=C1\c2ccc(I)cc2NC1O[Si](C)(C)C)c1ccccc1. The molecule has 3 rings (SSSR count). The van der Waals surface area contributed by atoms with Crippen LogP contribution in [0.3, 0.4) is 0 Å². The zero-order valence-electron chi connectivity index (χ0n) is 16.9. The van der Waals surface area contributed by atoms with E-state index in [9.17, 15) is 0 Å². The zero-order chi connectivity index (χ0) is 19.8. The summed E-state index contributed by atoms with van der Waals surface area (Å²) in [5.74, 6) is 0.950. The number of benzene rings is 2. The molecule has 0 saturated heterocycles. The third kappa shape index (κ3) is 5.25. The smallest absolute Gasteiger partial charge is 0.242 e. The first-order valence-corrected chi connectivity index (χ1v) is 17.2. The number of halogens is 1. The van der Waals surface area contributed by atoms with E-state index in [1.807, 2.05) is 6.07 Å². The van der Waals surface area contributed by atoms with Gasteiger partial charge in [-0.3, -0.25) is 0 Å². The molecule has 1 aliphatic rings. The minimum Gasteiger partial charge on any atom is -0.544 e. The largest absolute Gasteiger partial charge is 0.544 e. The van der Waals surface area contributed by atoms with E-state index >= 15 is 0 Å². The van der Waals surface area contributed by atoms with Crippen molar-refractivity contribution >= 4 is 56.2 Å². The monoisotopic (exact) mass is 509 g/mol. The van der Waals surface area contributed by atoms with Crippen LogP contribution in [-0.4, -0.2) is 22.9 Å². The highest BCUT2D eigenvalue weighted by Crippen LogP contribution is 2.43. The number of hydrogen-bond acceptors (Lipinski definition) is 3. The van der Waals surface area contributed by atoms with Gasteiger partial charge in [0.25, 0.3) is 0 Å². The van der Waals surface area contributed by atoms with Gasteiger partial charge in [-0.2, -0.15) is 0 Å². The highest BCUT2D eigenvalue weighted by atomic mass is 127. The maximum Gasteiger partial charge on any atom is 0.242 e. The van der Waals surface area contributed by atoms with Crippen molar-refractivity contribution in [2.45, 2.75) is 45.5 Å². The van der Waals surface area contributed by atoms with E-state index in [1.165, 1.54) is 9.13 Å². The molecule has 0 aliphatic carbocycles. The molecule has 2 aromatic rings. The van der Waals surface area contributed by atoms with Crippen LogP contribution in [0.1, 0.15) is 11.1 Å². The number of anilines is 1. The summed E-state index contributed by atoms with van der Waals surface area (Å²) in [5.41, 5.74) is 4.52. The van der Waals surface area contributed by atoms with E-state index < -0.39 is 16.6 Å². The lowest BCUT2D eigenvalue weighted by atomic mass is 10.0. The minimum absolute atomic E-state index is 0.184. The van der Waals surface area contributed by atoms with E-state index in [2.05, 4.69) is 110 Å². The van der Waals surface area contributed by atoms with E-state index in [0.29, 0.717) is 0 Å². The highest BCUT2D eigenvalue weighted by Gasteiger charge is 2.35. The summed E-state index contributed by atoms with van der Waals surface area (Å²) in [6, 6.07) is 16.9. The van der Waals surface area contributed by atoms with Crippen molar-refractivity contribution in [3.05, 3.63) is 63.2 Å². The molecule has 6 heteroatoms. The van der Waals surface area contributed by atoms with Crippen LogP contribution in [0.5, 0.6) is 0 Å². The molecule has 0 amide bonds. The van der Waals surface area contributed by atoms with Gasteiger partial charge in [0.15, 0.2) is 8.32 Å². The summed E-state index contributed by atoms with van der Waals surface area (Å²) in [4.78, 5) is 0. The topological polar surface area (TPSA) is 30.5 Å². The van der Waals surface area contributed by atoms with Gasteiger partial charge in [0, 0.05) is 20.4 Å². The van der Waals surface area contributed by atoms with Crippen LogP contribution in [0.4, 0.5) is 5.69 Å². The lowest BCUT2D eigenvalue weighted by molar-refractivity contribution is 0.282. The molecule has 27 heavy (non-hydrogen) atoms. The average Bonchev–Trinajstić information content (AvgIpc) is 2.87. The summed E-state index contributed by atoms with van der Waals surface area (Å²) >= 11 is 2.35. The third-order valence-corrected chi connectivity index (χ3v) is 6.41. The van der Waals surface area contributed by atoms with Crippen molar-refractivity contribution in [1.29, 1.82) is 0 Å². The number of fused-ring (bicyclic) bond motifs is 1. The molecule has 0 bridgehead atoms. The zero-order valence-corrected chi connectivity index (χ0v) is 21.0. The van der Waals surface area contributed by atoms with E-state index in [1.54, 1.807) is 0 Å². The predicted octanol–water partition coefficient (Wildman–Crippen LogP) is 6.61. The van der Waals surface area contributed by atoms with Crippen LogP contribution >= 0.6 is 22.6 Å². The molecule has 1 unspecified atom stereocenters. The van der Waals surface area contributed by atoms with Gasteiger partial charge in [0.2, 0.25) is 8.32 Å². The molecule has 3 nitrogen and oxygen atoms in total. The first kappa shape index (κ1) is 20.6. The van der Waals surface area contributed by atoms with Gasteiger partial charge in [-0.1, -0.05) is 36.4 Å². The molecule has 0 aromatic heterocycles. The van der Waals surface area contributed by atoms with Gasteiger partial charge < -0.3 is 14.2 Å². The second kappa shape index (κ2) is 7.73. The molecular weight excluding hydrogens is 481 g/mol. The van der Waals surface area contributed by atoms with Crippen LogP contribution in [0.25, 0.3) is 11.3 Å². The standard InChI is InChI=1S/C21H28INO2Si2/c1-26(2,3)24-20(15-10-8-7-9-11-15)19-17-13-12-16(22)14-18(17)23-21(19)25-27(4,5)6/h7-14,21,23H,1-6H3/b20-19+. The van der Waals surface area contributed by atoms with Crippen molar-refractivity contribution in [3.63, 3.8) is 0 Å². The van der Waals surface area contributed by atoms with Gasteiger partial charge in [0.05, 0.1) is 5.57 Å². The molecule has 0 spiro atoms. The van der Waals surface area contributed by atoms with Crippen molar-refractivity contribution < 1.29 is 8.85 Å². The predicted molar refractivity (Wildman–Crippen MR) is 129 cm³/mol. The van der Waals surface area contributed by atoms with E-state index in [4.69, 9.17) is 8.85 Å². The fourth-order valence-corrected chi connectivity index (χ4v) is 5.29. The van der Waals surface area contributed by atoms with Gasteiger partial charge >= 0.3 is 0 Å². The first-order chi connectivity index (χ1) is 12.5. The Bertz CT molecular complexity index is 855. The van der Waals surface area contributed by atoms with Gasteiger partial charge in [-0.25, -0.2) is 0 Å². The van der Waals surface area contributed by atoms with E-state index in [0.717, 1.165) is 22.6 Å². The molecular formula is C21H28INO2Si2. The summed E-state index contributed by atoms with van der Waals surface area (Å²) in [6.07, 6.45) is -0.184. The van der Waals surface area contributed by atoms with Crippen molar-refractivity contribution in [1.82, 2.24) is 0 Å². The van der Waals surface area contributed by atoms with Crippen LogP contribution in [0, 0.1) is 3.57 Å². The molecule has 1 heterocycles. The second-order valence-electron chi connectivity index (χ2n) is 8.77. The van der Waals surface area contributed by atoms with Crippen LogP contribution in [-0.2, 0) is 8.85 Å². The average molecular weight is 510 g/mol. The Morgan fingerprint density at radius 3 is 2.19 bits per heavy atom. The maximum absolute atomic E-state index is 6.65. The van der Waals surface area contributed by atoms with Crippen molar-refractivity contribution in [3.8, 4) is 0 Å². The maximum atomic E-state index is 6.65. The molecule has 144 valence electrons. The lowest BCUT2D eigenvalue weighted by Gasteiger charge is -2.29. The molecule has 1 N–H and O–H groups in total. The Labute approximate surface area is 178 Å². The highest BCUT2D eigenvalue weighted by molar-refractivity contribution is 14.1. The third-order valence-electron chi connectivity index (χ3n) is 3.98. The van der Waals surface area contributed by atoms with Crippen LogP contribution in [0.2, 0.25) is 39.3 Å². The molecule has 0 radical (unpaired) electrons. The molecule has 1 aliphatic heterocycles. The normalized spacial score (nSPS) is 18.7. The minimum atomic E-state index is -1.82. The number of rotatable bonds is 5. The lowest BCUT2D eigenvalue weighted by Crippen LogP contribution is -2.35. The fourth-order valence-electron chi connectivity index (χ4n) is 3.07. The second-order valence-corrected chi connectivity index (χ2v) is 18.9. The fraction of sp³-hybridized carbons (Fsp3) is 0.333. The molecule has 1 atom stereocenters. The summed E-state index contributed by atoms with van der Waals surface area (Å²) in [5, 5.41) is 3.60. The Balaban J connectivity index is 2.23.